The molecule has 0 saturated carbocycles. The van der Waals surface area contributed by atoms with Crippen LogP contribution in [0, 0.1) is 11.6 Å². The first-order valence-corrected chi connectivity index (χ1v) is 6.52. The number of alkyl halides is 1. The van der Waals surface area contributed by atoms with Gasteiger partial charge in [-0.25, -0.2) is 8.78 Å². The van der Waals surface area contributed by atoms with E-state index in [1.807, 2.05) is 0 Å². The molecule has 1 aromatic carbocycles. The monoisotopic (exact) mass is 321 g/mol. The van der Waals surface area contributed by atoms with Crippen molar-refractivity contribution >= 4 is 21.8 Å². The van der Waals surface area contributed by atoms with Gasteiger partial charge in [0, 0.05) is 12.4 Å². The second-order valence-corrected chi connectivity index (χ2v) is 4.49. The van der Waals surface area contributed by atoms with Crippen molar-refractivity contribution in [1.29, 1.82) is 0 Å². The molecule has 0 aliphatic rings. The summed E-state index contributed by atoms with van der Waals surface area (Å²) in [6, 6.07) is 3.02. The molecule has 100 valence electrons. The Balaban J connectivity index is 2.80. The average Bonchev–Trinajstić information content (AvgIpc) is 2.29. The highest BCUT2D eigenvalue weighted by Crippen LogP contribution is 2.12. The maximum Gasteiger partial charge on any atom is 0.257 e. The summed E-state index contributed by atoms with van der Waals surface area (Å²) in [7, 11) is 1.50. The fourth-order valence-electron chi connectivity index (χ4n) is 1.50. The Bertz CT molecular complexity index is 389. The van der Waals surface area contributed by atoms with E-state index in [1.54, 1.807) is 0 Å². The molecule has 0 radical (unpaired) electrons. The van der Waals surface area contributed by atoms with E-state index in [0.717, 1.165) is 12.1 Å². The molecule has 0 aliphatic heterocycles. The predicted octanol–water partition coefficient (Wildman–Crippen LogP) is 2.49. The second kappa shape index (κ2) is 7.43. The summed E-state index contributed by atoms with van der Waals surface area (Å²) in [5, 5.41) is 3.20. The summed E-state index contributed by atoms with van der Waals surface area (Å²) in [6.45, 7) is 0.285. The molecule has 0 bridgehead atoms. The standard InChI is InChI=1S/C12H14BrF2NO2/c1-18-7-8(5-6-13)16-12(17)11-9(14)3-2-4-10(11)15/h2-4,8H,5-7H2,1H3,(H,16,17). The van der Waals surface area contributed by atoms with Crippen LogP contribution >= 0.6 is 15.9 Å². The lowest BCUT2D eigenvalue weighted by molar-refractivity contribution is 0.0887. The number of carbonyl (C=O) groups is 1. The van der Waals surface area contributed by atoms with Gasteiger partial charge >= 0.3 is 0 Å². The van der Waals surface area contributed by atoms with Gasteiger partial charge in [0.25, 0.3) is 5.91 Å². The third-order valence-electron chi connectivity index (χ3n) is 2.35. The van der Waals surface area contributed by atoms with Crippen LogP contribution in [0.2, 0.25) is 0 Å². The topological polar surface area (TPSA) is 38.3 Å². The second-order valence-electron chi connectivity index (χ2n) is 3.70. The SMILES string of the molecule is COCC(CCBr)NC(=O)c1c(F)cccc1F. The van der Waals surface area contributed by atoms with E-state index in [4.69, 9.17) is 4.74 Å². The molecule has 6 heteroatoms. The highest BCUT2D eigenvalue weighted by Gasteiger charge is 2.19. The van der Waals surface area contributed by atoms with E-state index in [1.165, 1.54) is 13.2 Å². The van der Waals surface area contributed by atoms with Gasteiger partial charge in [0.15, 0.2) is 0 Å². The fraction of sp³-hybridized carbons (Fsp3) is 0.417. The number of nitrogens with one attached hydrogen (secondary N) is 1. The van der Waals surface area contributed by atoms with Crippen LogP contribution in [0.25, 0.3) is 0 Å². The van der Waals surface area contributed by atoms with E-state index < -0.39 is 23.1 Å². The zero-order valence-electron chi connectivity index (χ0n) is 9.88. The normalized spacial score (nSPS) is 12.2. The molecule has 1 rings (SSSR count). The third kappa shape index (κ3) is 4.03. The van der Waals surface area contributed by atoms with Crippen LogP contribution in [-0.4, -0.2) is 31.0 Å². The zero-order chi connectivity index (χ0) is 13.5. The highest BCUT2D eigenvalue weighted by molar-refractivity contribution is 9.09. The third-order valence-corrected chi connectivity index (χ3v) is 2.81. The van der Waals surface area contributed by atoms with Crippen molar-refractivity contribution in [2.75, 3.05) is 19.0 Å². The van der Waals surface area contributed by atoms with E-state index in [0.29, 0.717) is 11.8 Å². The number of methoxy groups -OCH3 is 1. The van der Waals surface area contributed by atoms with Crippen LogP contribution in [0.5, 0.6) is 0 Å². The number of hydrogen-bond acceptors (Lipinski definition) is 2. The van der Waals surface area contributed by atoms with Crippen LogP contribution in [0.4, 0.5) is 8.78 Å². The Morgan fingerprint density at radius 2 is 2.06 bits per heavy atom. The number of carbonyl (C=O) groups excluding carboxylic acids is 1. The minimum absolute atomic E-state index is 0.285. The first-order chi connectivity index (χ1) is 8.60. The molecule has 3 nitrogen and oxygen atoms in total. The summed E-state index contributed by atoms with van der Waals surface area (Å²) in [5.41, 5.74) is -0.562. The van der Waals surface area contributed by atoms with Gasteiger partial charge in [0.05, 0.1) is 12.6 Å². The van der Waals surface area contributed by atoms with E-state index in [-0.39, 0.29) is 12.6 Å². The van der Waals surface area contributed by atoms with Crippen molar-refractivity contribution in [3.8, 4) is 0 Å². The summed E-state index contributed by atoms with van der Waals surface area (Å²) >= 11 is 3.24. The quantitative estimate of drug-likeness (QED) is 0.817. The molecule has 1 N–H and O–H groups in total. The van der Waals surface area contributed by atoms with Crippen molar-refractivity contribution in [2.24, 2.45) is 0 Å². The molecule has 0 saturated heterocycles. The van der Waals surface area contributed by atoms with Crippen molar-refractivity contribution in [3.63, 3.8) is 0 Å². The van der Waals surface area contributed by atoms with Gasteiger partial charge in [-0.1, -0.05) is 22.0 Å². The molecule has 0 aromatic heterocycles. The Morgan fingerprint density at radius 3 is 2.56 bits per heavy atom. The molecule has 0 aliphatic carbocycles. The molecule has 0 spiro atoms. The Morgan fingerprint density at radius 1 is 1.44 bits per heavy atom. The van der Waals surface area contributed by atoms with Crippen LogP contribution in [0.3, 0.4) is 0 Å². The van der Waals surface area contributed by atoms with Gasteiger partial charge < -0.3 is 10.1 Å². The number of ether oxygens (including phenoxy) is 1. The van der Waals surface area contributed by atoms with Crippen LogP contribution in [0.1, 0.15) is 16.8 Å². The van der Waals surface area contributed by atoms with Crippen molar-refractivity contribution < 1.29 is 18.3 Å². The molecule has 1 unspecified atom stereocenters. The van der Waals surface area contributed by atoms with Crippen molar-refractivity contribution in [3.05, 3.63) is 35.4 Å². The van der Waals surface area contributed by atoms with Gasteiger partial charge in [0.1, 0.15) is 17.2 Å². The summed E-state index contributed by atoms with van der Waals surface area (Å²) in [4.78, 5) is 11.8. The van der Waals surface area contributed by atoms with Gasteiger partial charge in [-0.3, -0.25) is 4.79 Å². The smallest absolute Gasteiger partial charge is 0.257 e. The number of benzene rings is 1. The van der Waals surface area contributed by atoms with Crippen LogP contribution < -0.4 is 5.32 Å². The van der Waals surface area contributed by atoms with Gasteiger partial charge in [-0.05, 0) is 18.6 Å². The lowest BCUT2D eigenvalue weighted by Gasteiger charge is -2.17. The summed E-state index contributed by atoms with van der Waals surface area (Å²) in [6.07, 6.45) is 0.607. The molecule has 18 heavy (non-hydrogen) atoms. The molecular weight excluding hydrogens is 308 g/mol. The zero-order valence-corrected chi connectivity index (χ0v) is 11.5. The Hall–Kier alpha value is -1.01. The van der Waals surface area contributed by atoms with Crippen LogP contribution in [0.15, 0.2) is 18.2 Å². The molecule has 0 heterocycles. The van der Waals surface area contributed by atoms with Gasteiger partial charge in [-0.2, -0.15) is 0 Å². The van der Waals surface area contributed by atoms with Crippen LogP contribution in [-0.2, 0) is 4.74 Å². The minimum Gasteiger partial charge on any atom is -0.383 e. The lowest BCUT2D eigenvalue weighted by atomic mass is 10.1. The maximum atomic E-state index is 13.4. The summed E-state index contributed by atoms with van der Waals surface area (Å²) in [5.74, 6) is -2.52. The predicted molar refractivity (Wildman–Crippen MR) is 67.9 cm³/mol. The first kappa shape index (κ1) is 15.0. The van der Waals surface area contributed by atoms with Gasteiger partial charge in [-0.15, -0.1) is 0 Å². The minimum atomic E-state index is -0.873. The molecule has 1 amide bonds. The van der Waals surface area contributed by atoms with E-state index in [9.17, 15) is 13.6 Å². The van der Waals surface area contributed by atoms with E-state index in [2.05, 4.69) is 21.2 Å². The number of hydrogen-bond donors (Lipinski definition) is 1. The highest BCUT2D eigenvalue weighted by atomic mass is 79.9. The molecule has 1 aromatic rings. The summed E-state index contributed by atoms with van der Waals surface area (Å²) < 4.78 is 31.7. The van der Waals surface area contributed by atoms with E-state index >= 15 is 0 Å². The Kier molecular flexibility index (Phi) is 6.21. The number of halogens is 3. The Labute approximate surface area is 113 Å². The fourth-order valence-corrected chi connectivity index (χ4v) is 2.06. The molecule has 0 fully saturated rings. The largest absolute Gasteiger partial charge is 0.383 e. The van der Waals surface area contributed by atoms with Crippen molar-refractivity contribution in [2.45, 2.75) is 12.5 Å². The first-order valence-electron chi connectivity index (χ1n) is 5.40. The number of rotatable bonds is 6. The van der Waals surface area contributed by atoms with Crippen molar-refractivity contribution in [1.82, 2.24) is 5.32 Å². The lowest BCUT2D eigenvalue weighted by Crippen LogP contribution is -2.39. The maximum absolute atomic E-state index is 13.4. The average molecular weight is 322 g/mol. The van der Waals surface area contributed by atoms with Gasteiger partial charge in [0.2, 0.25) is 0 Å². The number of amides is 1. The molecule has 1 atom stereocenters. The molecular formula is C12H14BrF2NO2.